The molecular formula is C16H25NO. The fourth-order valence-corrected chi connectivity index (χ4v) is 3.17. The van der Waals surface area contributed by atoms with Crippen LogP contribution in [0.4, 0.5) is 0 Å². The van der Waals surface area contributed by atoms with E-state index in [0.29, 0.717) is 11.5 Å². The Balaban J connectivity index is 3.31. The SMILES string of the molecule is CC(C)(C)C(c1cccc(C(N)=O)c1)C(C)(C)C. The number of hydrogen-bond acceptors (Lipinski definition) is 1. The Morgan fingerprint density at radius 3 is 1.94 bits per heavy atom. The van der Waals surface area contributed by atoms with E-state index < -0.39 is 0 Å². The van der Waals surface area contributed by atoms with Crippen LogP contribution >= 0.6 is 0 Å². The van der Waals surface area contributed by atoms with Gasteiger partial charge in [0, 0.05) is 5.56 Å². The van der Waals surface area contributed by atoms with Gasteiger partial charge in [0.1, 0.15) is 0 Å². The van der Waals surface area contributed by atoms with Gasteiger partial charge in [0.2, 0.25) is 5.91 Å². The third-order valence-corrected chi connectivity index (χ3v) is 3.24. The van der Waals surface area contributed by atoms with Crippen LogP contribution in [0.3, 0.4) is 0 Å². The maximum atomic E-state index is 11.3. The summed E-state index contributed by atoms with van der Waals surface area (Å²) in [6.45, 7) is 13.4. The number of hydrogen-bond donors (Lipinski definition) is 1. The Hall–Kier alpha value is -1.31. The topological polar surface area (TPSA) is 43.1 Å². The van der Waals surface area contributed by atoms with Crippen molar-refractivity contribution in [3.8, 4) is 0 Å². The van der Waals surface area contributed by atoms with Crippen LogP contribution in [0, 0.1) is 10.8 Å². The van der Waals surface area contributed by atoms with Crippen molar-refractivity contribution < 1.29 is 4.79 Å². The second kappa shape index (κ2) is 4.75. The second-order valence-electron chi connectivity index (χ2n) is 7.15. The highest BCUT2D eigenvalue weighted by Crippen LogP contribution is 2.47. The minimum Gasteiger partial charge on any atom is -0.366 e. The van der Waals surface area contributed by atoms with E-state index in [4.69, 9.17) is 5.73 Å². The number of rotatable bonds is 2. The molecule has 0 aliphatic rings. The zero-order chi connectivity index (χ0) is 14.1. The van der Waals surface area contributed by atoms with Crippen LogP contribution < -0.4 is 5.73 Å². The van der Waals surface area contributed by atoms with Crippen molar-refractivity contribution in [2.24, 2.45) is 16.6 Å². The minimum atomic E-state index is -0.363. The van der Waals surface area contributed by atoms with Gasteiger partial charge in [0.15, 0.2) is 0 Å². The second-order valence-corrected chi connectivity index (χ2v) is 7.15. The van der Waals surface area contributed by atoms with E-state index in [-0.39, 0.29) is 16.7 Å². The normalized spacial score (nSPS) is 12.8. The van der Waals surface area contributed by atoms with Crippen molar-refractivity contribution in [3.63, 3.8) is 0 Å². The number of benzene rings is 1. The van der Waals surface area contributed by atoms with Gasteiger partial charge in [-0.25, -0.2) is 0 Å². The van der Waals surface area contributed by atoms with E-state index >= 15 is 0 Å². The molecule has 0 fully saturated rings. The van der Waals surface area contributed by atoms with Crippen molar-refractivity contribution in [2.75, 3.05) is 0 Å². The molecule has 0 atom stereocenters. The summed E-state index contributed by atoms with van der Waals surface area (Å²) in [5, 5.41) is 0. The Kier molecular flexibility index (Phi) is 3.89. The molecule has 0 saturated heterocycles. The lowest BCUT2D eigenvalue weighted by molar-refractivity contribution is 0.0999. The summed E-state index contributed by atoms with van der Waals surface area (Å²) in [5.41, 5.74) is 7.40. The molecule has 2 N–H and O–H groups in total. The average Bonchev–Trinajstić information content (AvgIpc) is 2.13. The molecule has 0 heterocycles. The van der Waals surface area contributed by atoms with Gasteiger partial charge in [-0.3, -0.25) is 4.79 Å². The predicted octanol–water partition coefficient (Wildman–Crippen LogP) is 3.96. The third kappa shape index (κ3) is 3.34. The van der Waals surface area contributed by atoms with Crippen LogP contribution in [0.25, 0.3) is 0 Å². The Bertz CT molecular complexity index is 421. The number of nitrogens with two attached hydrogens (primary N) is 1. The molecule has 1 rings (SSSR count). The lowest BCUT2D eigenvalue weighted by atomic mass is 9.63. The van der Waals surface area contributed by atoms with Gasteiger partial charge in [0.05, 0.1) is 0 Å². The smallest absolute Gasteiger partial charge is 0.248 e. The van der Waals surface area contributed by atoms with Crippen LogP contribution in [0.15, 0.2) is 24.3 Å². The first-order valence-electron chi connectivity index (χ1n) is 6.43. The molecule has 0 spiro atoms. The van der Waals surface area contributed by atoms with E-state index in [1.165, 1.54) is 5.56 Å². The van der Waals surface area contributed by atoms with Gasteiger partial charge in [-0.15, -0.1) is 0 Å². The zero-order valence-electron chi connectivity index (χ0n) is 12.4. The Morgan fingerprint density at radius 2 is 1.56 bits per heavy atom. The van der Waals surface area contributed by atoms with E-state index in [2.05, 4.69) is 47.6 Å². The Morgan fingerprint density at radius 1 is 1.06 bits per heavy atom. The monoisotopic (exact) mass is 247 g/mol. The molecule has 2 heteroatoms. The number of carbonyl (C=O) groups excluding carboxylic acids is 1. The average molecular weight is 247 g/mol. The van der Waals surface area contributed by atoms with Crippen molar-refractivity contribution in [3.05, 3.63) is 35.4 Å². The molecule has 1 amide bonds. The third-order valence-electron chi connectivity index (χ3n) is 3.24. The summed E-state index contributed by atoms with van der Waals surface area (Å²) in [6.07, 6.45) is 0. The summed E-state index contributed by atoms with van der Waals surface area (Å²) in [4.78, 5) is 11.3. The van der Waals surface area contributed by atoms with Crippen LogP contribution in [-0.4, -0.2) is 5.91 Å². The lowest BCUT2D eigenvalue weighted by Crippen LogP contribution is -2.30. The van der Waals surface area contributed by atoms with E-state index in [1.807, 2.05) is 12.1 Å². The quantitative estimate of drug-likeness (QED) is 0.844. The Labute approximate surface area is 111 Å². The molecule has 2 nitrogen and oxygen atoms in total. The maximum absolute atomic E-state index is 11.3. The van der Waals surface area contributed by atoms with Crippen LogP contribution in [0.1, 0.15) is 63.4 Å². The van der Waals surface area contributed by atoms with E-state index in [9.17, 15) is 4.79 Å². The zero-order valence-corrected chi connectivity index (χ0v) is 12.4. The van der Waals surface area contributed by atoms with Gasteiger partial charge in [-0.2, -0.15) is 0 Å². The van der Waals surface area contributed by atoms with Gasteiger partial charge in [-0.1, -0.05) is 53.7 Å². The minimum absolute atomic E-state index is 0.133. The number of primary amides is 1. The van der Waals surface area contributed by atoms with Crippen molar-refractivity contribution in [1.82, 2.24) is 0 Å². The van der Waals surface area contributed by atoms with Crippen molar-refractivity contribution in [1.29, 1.82) is 0 Å². The predicted molar refractivity (Wildman–Crippen MR) is 76.6 cm³/mol. The highest BCUT2D eigenvalue weighted by atomic mass is 16.1. The molecule has 18 heavy (non-hydrogen) atoms. The standard InChI is InChI=1S/C16H25NO/c1-15(2,3)13(16(4,5)6)11-8-7-9-12(10-11)14(17)18/h7-10,13H,1-6H3,(H2,17,18). The molecular weight excluding hydrogens is 222 g/mol. The van der Waals surface area contributed by atoms with Gasteiger partial charge >= 0.3 is 0 Å². The van der Waals surface area contributed by atoms with Gasteiger partial charge in [0.25, 0.3) is 0 Å². The summed E-state index contributed by atoms with van der Waals surface area (Å²) >= 11 is 0. The summed E-state index contributed by atoms with van der Waals surface area (Å²) in [7, 11) is 0. The molecule has 0 aromatic heterocycles. The van der Waals surface area contributed by atoms with Crippen molar-refractivity contribution in [2.45, 2.75) is 47.5 Å². The molecule has 100 valence electrons. The molecule has 1 aromatic rings. The van der Waals surface area contributed by atoms with Gasteiger partial charge in [-0.05, 0) is 34.4 Å². The molecule has 0 radical (unpaired) electrons. The molecule has 0 saturated carbocycles. The fourth-order valence-electron chi connectivity index (χ4n) is 3.17. The van der Waals surface area contributed by atoms with E-state index in [1.54, 1.807) is 6.07 Å². The number of carbonyl (C=O) groups is 1. The highest BCUT2D eigenvalue weighted by molar-refractivity contribution is 5.92. The molecule has 0 aliphatic heterocycles. The number of amides is 1. The van der Waals surface area contributed by atoms with Crippen molar-refractivity contribution >= 4 is 5.91 Å². The molecule has 0 unspecified atom stereocenters. The largest absolute Gasteiger partial charge is 0.366 e. The van der Waals surface area contributed by atoms with Crippen LogP contribution in [0.2, 0.25) is 0 Å². The van der Waals surface area contributed by atoms with Gasteiger partial charge < -0.3 is 5.73 Å². The first kappa shape index (κ1) is 14.7. The lowest BCUT2D eigenvalue weighted by Gasteiger charge is -2.41. The first-order chi connectivity index (χ1) is 8.03. The molecule has 1 aromatic carbocycles. The molecule has 0 aliphatic carbocycles. The van der Waals surface area contributed by atoms with Crippen LogP contribution in [-0.2, 0) is 0 Å². The van der Waals surface area contributed by atoms with Crippen LogP contribution in [0.5, 0.6) is 0 Å². The highest BCUT2D eigenvalue weighted by Gasteiger charge is 2.36. The fraction of sp³-hybridized carbons (Fsp3) is 0.562. The summed E-state index contributed by atoms with van der Waals surface area (Å²) in [6, 6.07) is 7.71. The first-order valence-corrected chi connectivity index (χ1v) is 6.43. The maximum Gasteiger partial charge on any atom is 0.248 e. The summed E-state index contributed by atoms with van der Waals surface area (Å²) < 4.78 is 0. The van der Waals surface area contributed by atoms with E-state index in [0.717, 1.165) is 0 Å². The molecule has 0 bridgehead atoms. The summed E-state index contributed by atoms with van der Waals surface area (Å²) in [5.74, 6) is 0.00252.